The number of hydrogen-bond donors (Lipinski definition) is 2. The maximum atomic E-state index is 4.53. The number of nitrogens with zero attached hydrogens (tertiary/aromatic N) is 4. The highest BCUT2D eigenvalue weighted by atomic mass is 15.3. The highest BCUT2D eigenvalue weighted by molar-refractivity contribution is 5.79. The third kappa shape index (κ3) is 5.20. The molecule has 118 valence electrons. The van der Waals surface area contributed by atoms with Gasteiger partial charge >= 0.3 is 0 Å². The Morgan fingerprint density at radius 1 is 1.23 bits per heavy atom. The van der Waals surface area contributed by atoms with Crippen LogP contribution in [-0.4, -0.2) is 33.8 Å². The van der Waals surface area contributed by atoms with E-state index in [4.69, 9.17) is 0 Å². The summed E-state index contributed by atoms with van der Waals surface area (Å²) in [5.41, 5.74) is 1.37. The van der Waals surface area contributed by atoms with E-state index in [1.807, 2.05) is 13.1 Å². The maximum Gasteiger partial charge on any atom is 0.191 e. The molecule has 0 aliphatic heterocycles. The summed E-state index contributed by atoms with van der Waals surface area (Å²) in [6.07, 6.45) is 3.68. The molecule has 2 aromatic rings. The van der Waals surface area contributed by atoms with Crippen LogP contribution in [0.1, 0.15) is 24.7 Å². The summed E-state index contributed by atoms with van der Waals surface area (Å²) >= 11 is 0. The number of hydrogen-bond acceptors (Lipinski definition) is 3. The zero-order valence-electron chi connectivity index (χ0n) is 13.3. The van der Waals surface area contributed by atoms with Gasteiger partial charge in [0.05, 0.1) is 0 Å². The van der Waals surface area contributed by atoms with Crippen LogP contribution in [0.4, 0.5) is 0 Å². The molecule has 0 amide bonds. The largest absolute Gasteiger partial charge is 0.357 e. The summed E-state index contributed by atoms with van der Waals surface area (Å²) in [6, 6.07) is 10.5. The molecule has 6 nitrogen and oxygen atoms in total. The monoisotopic (exact) mass is 300 g/mol. The fourth-order valence-electron chi connectivity index (χ4n) is 2.10. The second-order valence-electron chi connectivity index (χ2n) is 5.01. The summed E-state index contributed by atoms with van der Waals surface area (Å²) < 4.78 is 1.74. The van der Waals surface area contributed by atoms with E-state index >= 15 is 0 Å². The van der Waals surface area contributed by atoms with Gasteiger partial charge in [0, 0.05) is 20.1 Å². The summed E-state index contributed by atoms with van der Waals surface area (Å²) in [4.78, 5) is 8.71. The van der Waals surface area contributed by atoms with Crippen LogP contribution >= 0.6 is 0 Å². The quantitative estimate of drug-likeness (QED) is 0.462. The van der Waals surface area contributed by atoms with Crippen molar-refractivity contribution in [2.75, 3.05) is 13.1 Å². The summed E-state index contributed by atoms with van der Waals surface area (Å²) in [5.74, 6) is 1.67. The van der Waals surface area contributed by atoms with Crippen LogP contribution in [0.15, 0.2) is 41.7 Å². The molecule has 1 aromatic carbocycles. The van der Waals surface area contributed by atoms with Gasteiger partial charge in [-0.3, -0.25) is 4.68 Å². The highest BCUT2D eigenvalue weighted by Gasteiger charge is 2.01. The van der Waals surface area contributed by atoms with E-state index in [0.29, 0.717) is 6.54 Å². The van der Waals surface area contributed by atoms with Crippen molar-refractivity contribution in [1.82, 2.24) is 25.4 Å². The van der Waals surface area contributed by atoms with Gasteiger partial charge in [-0.25, -0.2) is 9.98 Å². The lowest BCUT2D eigenvalue weighted by Crippen LogP contribution is -2.38. The molecular weight excluding hydrogens is 276 g/mol. The van der Waals surface area contributed by atoms with E-state index < -0.39 is 0 Å². The van der Waals surface area contributed by atoms with Crippen molar-refractivity contribution in [1.29, 1.82) is 0 Å². The number of benzene rings is 1. The maximum absolute atomic E-state index is 4.53. The smallest absolute Gasteiger partial charge is 0.191 e. The predicted molar refractivity (Wildman–Crippen MR) is 88.6 cm³/mol. The average Bonchev–Trinajstić information content (AvgIpc) is 2.95. The van der Waals surface area contributed by atoms with Crippen LogP contribution in [0.3, 0.4) is 0 Å². The van der Waals surface area contributed by atoms with Gasteiger partial charge in [0.2, 0.25) is 0 Å². The number of aromatic nitrogens is 3. The summed E-state index contributed by atoms with van der Waals surface area (Å²) in [7, 11) is 1.87. The molecule has 0 spiro atoms. The van der Waals surface area contributed by atoms with E-state index in [2.05, 4.69) is 56.9 Å². The summed E-state index contributed by atoms with van der Waals surface area (Å²) in [6.45, 7) is 4.30. The SMILES string of the molecule is CCNC(=NCc1ncnn1C)NCCCc1ccccc1. The number of rotatable bonds is 7. The third-order valence-electron chi connectivity index (χ3n) is 3.31. The minimum Gasteiger partial charge on any atom is -0.357 e. The van der Waals surface area contributed by atoms with Gasteiger partial charge in [-0.2, -0.15) is 5.10 Å². The van der Waals surface area contributed by atoms with Crippen molar-refractivity contribution in [2.45, 2.75) is 26.3 Å². The Morgan fingerprint density at radius 3 is 2.73 bits per heavy atom. The predicted octanol–water partition coefficient (Wildman–Crippen LogP) is 1.50. The first-order chi connectivity index (χ1) is 10.8. The average molecular weight is 300 g/mol. The van der Waals surface area contributed by atoms with Gasteiger partial charge in [0.15, 0.2) is 5.96 Å². The first-order valence-corrected chi connectivity index (χ1v) is 7.68. The molecular formula is C16H24N6. The Balaban J connectivity index is 1.77. The number of aliphatic imine (C=N–C) groups is 1. The van der Waals surface area contributed by atoms with Crippen molar-refractivity contribution < 1.29 is 0 Å². The standard InChI is InChI=1S/C16H24N6/c1-3-17-16(19-12-15-20-13-21-22(15)2)18-11-7-10-14-8-5-4-6-9-14/h4-6,8-9,13H,3,7,10-12H2,1-2H3,(H2,17,18,19). The Morgan fingerprint density at radius 2 is 2.05 bits per heavy atom. The molecule has 0 fully saturated rings. The van der Waals surface area contributed by atoms with Crippen molar-refractivity contribution in [2.24, 2.45) is 12.0 Å². The third-order valence-corrected chi connectivity index (χ3v) is 3.31. The lowest BCUT2D eigenvalue weighted by atomic mass is 10.1. The molecule has 0 atom stereocenters. The van der Waals surface area contributed by atoms with Crippen LogP contribution in [0.25, 0.3) is 0 Å². The van der Waals surface area contributed by atoms with Gasteiger partial charge in [-0.05, 0) is 25.3 Å². The summed E-state index contributed by atoms with van der Waals surface area (Å²) in [5, 5.41) is 10.6. The molecule has 1 heterocycles. The van der Waals surface area contributed by atoms with Crippen LogP contribution in [-0.2, 0) is 20.0 Å². The molecule has 0 radical (unpaired) electrons. The second-order valence-corrected chi connectivity index (χ2v) is 5.01. The molecule has 0 aliphatic rings. The molecule has 0 unspecified atom stereocenters. The minimum atomic E-state index is 0.518. The van der Waals surface area contributed by atoms with E-state index in [0.717, 1.165) is 37.7 Å². The van der Waals surface area contributed by atoms with Crippen LogP contribution < -0.4 is 10.6 Å². The molecule has 6 heteroatoms. The Bertz CT molecular complexity index is 575. The van der Waals surface area contributed by atoms with Gasteiger partial charge in [0.1, 0.15) is 18.7 Å². The highest BCUT2D eigenvalue weighted by Crippen LogP contribution is 2.01. The first-order valence-electron chi connectivity index (χ1n) is 7.68. The van der Waals surface area contributed by atoms with Gasteiger partial charge in [-0.1, -0.05) is 30.3 Å². The first kappa shape index (κ1) is 16.0. The van der Waals surface area contributed by atoms with Crippen LogP contribution in [0, 0.1) is 0 Å². The molecule has 1 aromatic heterocycles. The topological polar surface area (TPSA) is 67.1 Å². The van der Waals surface area contributed by atoms with E-state index in [-0.39, 0.29) is 0 Å². The fraction of sp³-hybridized carbons (Fsp3) is 0.438. The van der Waals surface area contributed by atoms with Crippen molar-refractivity contribution in [3.8, 4) is 0 Å². The van der Waals surface area contributed by atoms with E-state index in [1.54, 1.807) is 11.0 Å². The second kappa shape index (κ2) is 8.81. The molecule has 0 bridgehead atoms. The number of guanidine groups is 1. The minimum absolute atomic E-state index is 0.518. The number of nitrogens with one attached hydrogen (secondary N) is 2. The van der Waals surface area contributed by atoms with Crippen molar-refractivity contribution in [3.05, 3.63) is 48.0 Å². The zero-order chi connectivity index (χ0) is 15.6. The molecule has 2 N–H and O–H groups in total. The Kier molecular flexibility index (Phi) is 6.41. The molecule has 22 heavy (non-hydrogen) atoms. The zero-order valence-corrected chi connectivity index (χ0v) is 13.3. The lowest BCUT2D eigenvalue weighted by molar-refractivity contribution is 0.694. The molecule has 0 aliphatic carbocycles. The number of aryl methyl sites for hydroxylation is 2. The lowest BCUT2D eigenvalue weighted by Gasteiger charge is -2.11. The van der Waals surface area contributed by atoms with Gasteiger partial charge in [-0.15, -0.1) is 0 Å². The Labute approximate surface area is 131 Å². The van der Waals surface area contributed by atoms with E-state index in [1.165, 1.54) is 5.56 Å². The normalized spacial score (nSPS) is 11.5. The fourth-order valence-corrected chi connectivity index (χ4v) is 2.10. The van der Waals surface area contributed by atoms with Crippen molar-refractivity contribution in [3.63, 3.8) is 0 Å². The van der Waals surface area contributed by atoms with Crippen LogP contribution in [0.2, 0.25) is 0 Å². The van der Waals surface area contributed by atoms with Crippen LogP contribution in [0.5, 0.6) is 0 Å². The van der Waals surface area contributed by atoms with Gasteiger partial charge < -0.3 is 10.6 Å². The van der Waals surface area contributed by atoms with Crippen molar-refractivity contribution >= 4 is 5.96 Å². The molecule has 2 rings (SSSR count). The Hall–Kier alpha value is -2.37. The molecule has 0 saturated carbocycles. The van der Waals surface area contributed by atoms with Gasteiger partial charge in [0.25, 0.3) is 0 Å². The molecule has 0 saturated heterocycles. The van der Waals surface area contributed by atoms with E-state index in [9.17, 15) is 0 Å².